The van der Waals surface area contributed by atoms with E-state index in [0.29, 0.717) is 10.6 Å². The predicted octanol–water partition coefficient (Wildman–Crippen LogP) is 2.73. The van der Waals surface area contributed by atoms with Crippen molar-refractivity contribution in [2.24, 2.45) is 0 Å². The van der Waals surface area contributed by atoms with Gasteiger partial charge in [0.1, 0.15) is 5.75 Å². The van der Waals surface area contributed by atoms with Crippen LogP contribution in [0.2, 0.25) is 0 Å². The summed E-state index contributed by atoms with van der Waals surface area (Å²) in [7, 11) is 0. The molecule has 2 N–H and O–H groups in total. The quantitative estimate of drug-likeness (QED) is 0.659. The minimum atomic E-state index is -0.235. The smallest absolute Gasteiger partial charge is 0.187 e. The van der Waals surface area contributed by atoms with Crippen molar-refractivity contribution in [3.8, 4) is 5.75 Å². The number of phenolic OH excluding ortho intramolecular Hbond substituents is 1. The molecule has 0 aromatic heterocycles. The maximum Gasteiger partial charge on any atom is 0.187 e. The fourth-order valence-corrected chi connectivity index (χ4v) is 1.83. The van der Waals surface area contributed by atoms with Crippen molar-refractivity contribution in [3.63, 3.8) is 0 Å². The fraction of sp³-hybridized carbons (Fsp3) is 0.0714. The van der Waals surface area contributed by atoms with Gasteiger partial charge in [-0.25, -0.2) is 0 Å². The van der Waals surface area contributed by atoms with Crippen LogP contribution in [-0.2, 0) is 11.3 Å². The van der Waals surface area contributed by atoms with Crippen LogP contribution < -0.4 is 0 Å². The Kier molecular flexibility index (Phi) is 4.04. The van der Waals surface area contributed by atoms with Crippen molar-refractivity contribution in [3.05, 3.63) is 64.9 Å². The molecule has 0 radical (unpaired) electrons. The van der Waals surface area contributed by atoms with Gasteiger partial charge >= 0.3 is 0 Å². The molecule has 0 saturated carbocycles. The van der Waals surface area contributed by atoms with Crippen LogP contribution in [0.5, 0.6) is 5.75 Å². The van der Waals surface area contributed by atoms with E-state index >= 15 is 0 Å². The first-order valence-corrected chi connectivity index (χ1v) is 5.98. The lowest BCUT2D eigenvalue weighted by Gasteiger charge is -2.14. The number of hydroxylamine groups is 2. The zero-order chi connectivity index (χ0) is 13.8. The Labute approximate surface area is 115 Å². The summed E-state index contributed by atoms with van der Waals surface area (Å²) in [5.74, 6) is -0.149. The molecular formula is C14H12ClNO3. The van der Waals surface area contributed by atoms with Crippen LogP contribution in [0.25, 0.3) is 0 Å². The van der Waals surface area contributed by atoms with Gasteiger partial charge in [-0.1, -0.05) is 29.8 Å². The summed E-state index contributed by atoms with van der Waals surface area (Å²) in [6.07, 6.45) is 5.58. The first-order chi connectivity index (χ1) is 9.06. The number of rotatable bonds is 3. The number of hydrogen-bond acceptors (Lipinski definition) is 4. The molecule has 0 amide bonds. The molecular weight excluding hydrogens is 266 g/mol. The largest absolute Gasteiger partial charge is 0.508 e. The van der Waals surface area contributed by atoms with E-state index in [0.717, 1.165) is 5.06 Å². The maximum atomic E-state index is 11.5. The summed E-state index contributed by atoms with van der Waals surface area (Å²) in [4.78, 5) is 11.5. The highest BCUT2D eigenvalue weighted by molar-refractivity contribution is 6.33. The van der Waals surface area contributed by atoms with E-state index in [9.17, 15) is 15.1 Å². The molecule has 1 aliphatic rings. The maximum absolute atomic E-state index is 11.5. The Bertz CT molecular complexity index is 590. The third kappa shape index (κ3) is 3.47. The van der Waals surface area contributed by atoms with Crippen molar-refractivity contribution < 1.29 is 15.1 Å². The van der Waals surface area contributed by atoms with Gasteiger partial charge in [0.15, 0.2) is 5.78 Å². The third-order valence-electron chi connectivity index (χ3n) is 2.58. The molecule has 0 bridgehead atoms. The second-order valence-corrected chi connectivity index (χ2v) is 4.47. The van der Waals surface area contributed by atoms with Crippen LogP contribution in [0.1, 0.15) is 5.56 Å². The number of aromatic hydroxyl groups is 1. The number of carbonyl (C=O) groups excluding carboxylic acids is 1. The van der Waals surface area contributed by atoms with Gasteiger partial charge in [0.2, 0.25) is 0 Å². The van der Waals surface area contributed by atoms with Gasteiger partial charge in [-0.05, 0) is 24.3 Å². The van der Waals surface area contributed by atoms with Crippen LogP contribution in [-0.4, -0.2) is 21.2 Å². The van der Waals surface area contributed by atoms with Gasteiger partial charge in [-0.3, -0.25) is 15.1 Å². The average Bonchev–Trinajstić information content (AvgIpc) is 2.37. The first-order valence-electron chi connectivity index (χ1n) is 5.60. The van der Waals surface area contributed by atoms with E-state index in [2.05, 4.69) is 0 Å². The van der Waals surface area contributed by atoms with Crippen LogP contribution in [0, 0.1) is 0 Å². The van der Waals surface area contributed by atoms with Gasteiger partial charge in [0, 0.05) is 22.4 Å². The van der Waals surface area contributed by atoms with Crippen LogP contribution in [0.4, 0.5) is 0 Å². The molecule has 0 atom stereocenters. The van der Waals surface area contributed by atoms with Gasteiger partial charge in [0.25, 0.3) is 0 Å². The highest BCUT2D eigenvalue weighted by Gasteiger charge is 2.11. The number of benzene rings is 1. The van der Waals surface area contributed by atoms with Crippen LogP contribution in [0.15, 0.2) is 59.3 Å². The van der Waals surface area contributed by atoms with E-state index in [1.165, 1.54) is 30.5 Å². The van der Waals surface area contributed by atoms with Gasteiger partial charge in [-0.2, -0.15) is 0 Å². The van der Waals surface area contributed by atoms with Crippen molar-refractivity contribution in [1.29, 1.82) is 0 Å². The summed E-state index contributed by atoms with van der Waals surface area (Å²) in [5, 5.41) is 20.6. The summed E-state index contributed by atoms with van der Waals surface area (Å²) in [6, 6.07) is 6.66. The van der Waals surface area contributed by atoms with E-state index in [4.69, 9.17) is 11.6 Å². The van der Waals surface area contributed by atoms with Gasteiger partial charge in [-0.15, -0.1) is 0 Å². The van der Waals surface area contributed by atoms with Crippen molar-refractivity contribution >= 4 is 17.4 Å². The van der Waals surface area contributed by atoms with Crippen LogP contribution >= 0.6 is 11.6 Å². The monoisotopic (exact) mass is 277 g/mol. The highest BCUT2D eigenvalue weighted by atomic mass is 35.5. The Hall–Kier alpha value is -2.04. The SMILES string of the molecule is O=C1C=CC(Cl)=C/C1=C/N(O)Cc1ccccc1O. The summed E-state index contributed by atoms with van der Waals surface area (Å²) < 4.78 is 0. The molecule has 2 rings (SSSR count). The molecule has 5 heteroatoms. The molecule has 98 valence electrons. The molecule has 0 fully saturated rings. The second kappa shape index (κ2) is 5.73. The zero-order valence-corrected chi connectivity index (χ0v) is 10.7. The third-order valence-corrected chi connectivity index (χ3v) is 2.82. The topological polar surface area (TPSA) is 60.8 Å². The Balaban J connectivity index is 2.13. The number of para-hydroxylation sites is 1. The standard InChI is InChI=1S/C14H12ClNO3/c15-12-5-6-14(18)11(7-12)9-16(19)8-10-3-1-2-4-13(10)17/h1-7,9,17,19H,8H2/b11-9-. The van der Waals surface area contributed by atoms with Crippen molar-refractivity contribution in [2.75, 3.05) is 0 Å². The molecule has 1 aliphatic carbocycles. The molecule has 0 spiro atoms. The van der Waals surface area contributed by atoms with E-state index in [-0.39, 0.29) is 23.7 Å². The lowest BCUT2D eigenvalue weighted by molar-refractivity contribution is -0.111. The summed E-state index contributed by atoms with van der Waals surface area (Å²) >= 11 is 5.79. The van der Waals surface area contributed by atoms with Gasteiger partial charge < -0.3 is 5.11 Å². The molecule has 0 heterocycles. The number of allylic oxidation sites excluding steroid dienone is 5. The number of hydrogen-bond donors (Lipinski definition) is 2. The number of carbonyl (C=O) groups is 1. The fourth-order valence-electron chi connectivity index (χ4n) is 1.65. The van der Waals surface area contributed by atoms with E-state index in [1.54, 1.807) is 18.2 Å². The van der Waals surface area contributed by atoms with Gasteiger partial charge in [0.05, 0.1) is 6.54 Å². The Morgan fingerprint density at radius 2 is 2.00 bits per heavy atom. The lowest BCUT2D eigenvalue weighted by Crippen LogP contribution is -2.14. The summed E-state index contributed by atoms with van der Waals surface area (Å²) in [6.45, 7) is 0.0681. The minimum absolute atomic E-state index is 0.0681. The first kappa shape index (κ1) is 13.4. The number of halogens is 1. The predicted molar refractivity (Wildman–Crippen MR) is 71.6 cm³/mol. The number of ketones is 1. The lowest BCUT2D eigenvalue weighted by atomic mass is 10.1. The Morgan fingerprint density at radius 3 is 2.74 bits per heavy atom. The molecule has 1 aromatic carbocycles. The normalized spacial score (nSPS) is 16.6. The number of phenols is 1. The Morgan fingerprint density at radius 1 is 1.26 bits per heavy atom. The van der Waals surface area contributed by atoms with E-state index in [1.807, 2.05) is 0 Å². The molecule has 0 unspecified atom stereocenters. The van der Waals surface area contributed by atoms with Crippen LogP contribution in [0.3, 0.4) is 0 Å². The molecule has 1 aromatic rings. The van der Waals surface area contributed by atoms with E-state index < -0.39 is 0 Å². The molecule has 19 heavy (non-hydrogen) atoms. The highest BCUT2D eigenvalue weighted by Crippen LogP contribution is 2.19. The molecule has 0 saturated heterocycles. The zero-order valence-electron chi connectivity index (χ0n) is 9.95. The second-order valence-electron chi connectivity index (χ2n) is 4.04. The summed E-state index contributed by atoms with van der Waals surface area (Å²) in [5.41, 5.74) is 0.834. The number of nitrogens with zero attached hydrogens (tertiary/aromatic N) is 1. The average molecular weight is 278 g/mol. The van der Waals surface area contributed by atoms with Crippen molar-refractivity contribution in [2.45, 2.75) is 6.54 Å². The molecule has 4 nitrogen and oxygen atoms in total. The molecule has 0 aliphatic heterocycles. The minimum Gasteiger partial charge on any atom is -0.508 e. The van der Waals surface area contributed by atoms with Crippen molar-refractivity contribution in [1.82, 2.24) is 5.06 Å².